The summed E-state index contributed by atoms with van der Waals surface area (Å²) in [6.45, 7) is 4.14. The summed E-state index contributed by atoms with van der Waals surface area (Å²) in [4.78, 5) is 13.8. The molecule has 1 aromatic carbocycles. The van der Waals surface area contributed by atoms with E-state index in [1.54, 1.807) is 16.0 Å². The van der Waals surface area contributed by atoms with Crippen molar-refractivity contribution in [2.45, 2.75) is 20.4 Å². The summed E-state index contributed by atoms with van der Waals surface area (Å²) in [5, 5.41) is 4.39. The maximum absolute atomic E-state index is 11.6. The molecule has 0 saturated carbocycles. The minimum Gasteiger partial charge on any atom is -0.468 e. The van der Waals surface area contributed by atoms with Crippen molar-refractivity contribution in [2.24, 2.45) is 0 Å². The normalized spacial score (nSPS) is 10.7. The maximum atomic E-state index is 11.6. The molecule has 0 N–H and O–H groups in total. The topological polar surface area (TPSA) is 44.1 Å². The molecule has 0 unspecified atom stereocenters. The van der Waals surface area contributed by atoms with Gasteiger partial charge < -0.3 is 4.74 Å². The number of aryl methyl sites for hydroxylation is 2. The van der Waals surface area contributed by atoms with Gasteiger partial charge in [0.05, 0.1) is 23.4 Å². The second-order valence-electron chi connectivity index (χ2n) is 5.44. The predicted octanol–water partition coefficient (Wildman–Crippen LogP) is 4.07. The smallest absolute Gasteiger partial charge is 0.327 e. The maximum Gasteiger partial charge on any atom is 0.327 e. The van der Waals surface area contributed by atoms with Crippen molar-refractivity contribution < 1.29 is 9.53 Å². The van der Waals surface area contributed by atoms with Crippen molar-refractivity contribution in [3.63, 3.8) is 0 Å². The molecule has 0 fully saturated rings. The Morgan fingerprint density at radius 3 is 2.70 bits per heavy atom. The molecular weight excluding hydrogens is 308 g/mol. The van der Waals surface area contributed by atoms with Crippen LogP contribution in [0.2, 0.25) is 0 Å². The highest BCUT2D eigenvalue weighted by Crippen LogP contribution is 2.35. The highest BCUT2D eigenvalue weighted by atomic mass is 32.1. The molecule has 4 nitrogen and oxygen atoms in total. The first-order valence-electron chi connectivity index (χ1n) is 7.35. The summed E-state index contributed by atoms with van der Waals surface area (Å²) in [6, 6.07) is 14.6. The van der Waals surface area contributed by atoms with Crippen molar-refractivity contribution >= 4 is 17.3 Å². The van der Waals surface area contributed by atoms with Gasteiger partial charge in [-0.25, -0.2) is 0 Å². The second-order valence-corrected chi connectivity index (χ2v) is 6.52. The number of benzene rings is 1. The van der Waals surface area contributed by atoms with E-state index in [1.807, 2.05) is 13.0 Å². The van der Waals surface area contributed by atoms with Gasteiger partial charge in [-0.1, -0.05) is 29.8 Å². The number of hydrogen-bond donors (Lipinski definition) is 0. The van der Waals surface area contributed by atoms with Crippen LogP contribution < -0.4 is 0 Å². The Kier molecular flexibility index (Phi) is 4.30. The average Bonchev–Trinajstić information content (AvgIpc) is 3.14. The van der Waals surface area contributed by atoms with E-state index in [0.717, 1.165) is 16.3 Å². The van der Waals surface area contributed by atoms with Crippen LogP contribution in [0.25, 0.3) is 21.0 Å². The van der Waals surface area contributed by atoms with Gasteiger partial charge in [-0.3, -0.25) is 9.48 Å². The van der Waals surface area contributed by atoms with Crippen LogP contribution in [0.5, 0.6) is 0 Å². The zero-order chi connectivity index (χ0) is 16.4. The van der Waals surface area contributed by atoms with Gasteiger partial charge >= 0.3 is 5.97 Å². The van der Waals surface area contributed by atoms with Gasteiger partial charge in [-0.05, 0) is 37.6 Å². The van der Waals surface area contributed by atoms with Crippen LogP contribution in [0.15, 0.2) is 42.5 Å². The molecule has 0 aliphatic carbocycles. The fourth-order valence-electron chi connectivity index (χ4n) is 2.48. The molecule has 0 aliphatic heterocycles. The van der Waals surface area contributed by atoms with Crippen LogP contribution in [0.4, 0.5) is 0 Å². The molecule has 0 spiro atoms. The van der Waals surface area contributed by atoms with Crippen LogP contribution in [0, 0.1) is 13.8 Å². The third kappa shape index (κ3) is 3.35. The van der Waals surface area contributed by atoms with Gasteiger partial charge in [0.25, 0.3) is 0 Å². The molecule has 0 bridgehead atoms. The van der Waals surface area contributed by atoms with Crippen molar-refractivity contribution in [3.05, 3.63) is 53.7 Å². The van der Waals surface area contributed by atoms with Crippen molar-refractivity contribution in [1.82, 2.24) is 9.78 Å². The van der Waals surface area contributed by atoms with E-state index >= 15 is 0 Å². The van der Waals surface area contributed by atoms with Crippen LogP contribution in [0.3, 0.4) is 0 Å². The molecule has 23 heavy (non-hydrogen) atoms. The number of thiophene rings is 1. The standard InChI is InChI=1S/C18H18N2O2S/c1-12-5-4-6-14(9-12)16-7-8-17(23-16)15-10-13(2)19-20(15)11-18(21)22-3/h4-10H,11H2,1-3H3. The minimum absolute atomic E-state index is 0.122. The summed E-state index contributed by atoms with van der Waals surface area (Å²) >= 11 is 1.70. The lowest BCUT2D eigenvalue weighted by atomic mass is 10.1. The number of aromatic nitrogens is 2. The number of esters is 1. The fourth-order valence-corrected chi connectivity index (χ4v) is 3.50. The molecule has 2 heterocycles. The molecule has 5 heteroatoms. The molecular formula is C18H18N2O2S. The molecule has 0 atom stereocenters. The summed E-state index contributed by atoms with van der Waals surface area (Å²) in [7, 11) is 1.39. The van der Waals surface area contributed by atoms with Crippen molar-refractivity contribution in [2.75, 3.05) is 7.11 Å². The number of nitrogens with zero attached hydrogens (tertiary/aromatic N) is 2. The lowest BCUT2D eigenvalue weighted by Crippen LogP contribution is -2.13. The Balaban J connectivity index is 1.96. The Bertz CT molecular complexity index is 848. The third-order valence-corrected chi connectivity index (χ3v) is 4.73. The van der Waals surface area contributed by atoms with Gasteiger partial charge in [-0.2, -0.15) is 5.10 Å². The molecule has 3 rings (SSSR count). The van der Waals surface area contributed by atoms with E-state index in [-0.39, 0.29) is 12.5 Å². The first-order valence-corrected chi connectivity index (χ1v) is 8.17. The zero-order valence-corrected chi connectivity index (χ0v) is 14.2. The summed E-state index contributed by atoms with van der Waals surface area (Å²) in [5.41, 5.74) is 4.27. The lowest BCUT2D eigenvalue weighted by molar-refractivity contribution is -0.141. The molecule has 2 aromatic heterocycles. The van der Waals surface area contributed by atoms with Gasteiger partial charge in [0.1, 0.15) is 6.54 Å². The number of methoxy groups -OCH3 is 1. The summed E-state index contributed by atoms with van der Waals surface area (Å²) < 4.78 is 6.45. The minimum atomic E-state index is -0.301. The highest BCUT2D eigenvalue weighted by Gasteiger charge is 2.14. The highest BCUT2D eigenvalue weighted by molar-refractivity contribution is 7.18. The average molecular weight is 326 g/mol. The molecule has 0 saturated heterocycles. The molecule has 0 aliphatic rings. The number of rotatable bonds is 4. The van der Waals surface area contributed by atoms with Crippen LogP contribution in [0.1, 0.15) is 11.3 Å². The summed E-state index contributed by atoms with van der Waals surface area (Å²) in [6.07, 6.45) is 0. The molecule has 0 amide bonds. The van der Waals surface area contributed by atoms with Crippen LogP contribution >= 0.6 is 11.3 Å². The molecule has 3 aromatic rings. The SMILES string of the molecule is COC(=O)Cn1nc(C)cc1-c1ccc(-c2cccc(C)c2)s1. The number of carbonyl (C=O) groups excluding carboxylic acids is 1. The van der Waals surface area contributed by atoms with Gasteiger partial charge in [0.2, 0.25) is 0 Å². The lowest BCUT2D eigenvalue weighted by Gasteiger charge is -2.04. The Morgan fingerprint density at radius 2 is 1.96 bits per heavy atom. The van der Waals surface area contributed by atoms with E-state index in [4.69, 9.17) is 4.74 Å². The summed E-state index contributed by atoms with van der Waals surface area (Å²) in [5.74, 6) is -0.301. The zero-order valence-electron chi connectivity index (χ0n) is 13.4. The van der Waals surface area contributed by atoms with Crippen LogP contribution in [-0.2, 0) is 16.1 Å². The first kappa shape index (κ1) is 15.5. The van der Waals surface area contributed by atoms with Gasteiger partial charge in [0.15, 0.2) is 0 Å². The van der Waals surface area contributed by atoms with E-state index in [1.165, 1.54) is 23.1 Å². The second kappa shape index (κ2) is 6.38. The monoisotopic (exact) mass is 326 g/mol. The Labute approximate surface area is 139 Å². The van der Waals surface area contributed by atoms with Crippen molar-refractivity contribution in [3.8, 4) is 21.0 Å². The van der Waals surface area contributed by atoms with E-state index in [2.05, 4.69) is 48.4 Å². The quantitative estimate of drug-likeness (QED) is 0.679. The largest absolute Gasteiger partial charge is 0.468 e. The number of ether oxygens (including phenoxy) is 1. The van der Waals surface area contributed by atoms with E-state index in [9.17, 15) is 4.79 Å². The van der Waals surface area contributed by atoms with E-state index < -0.39 is 0 Å². The Hall–Kier alpha value is -2.40. The fraction of sp³-hybridized carbons (Fsp3) is 0.222. The third-order valence-electron chi connectivity index (χ3n) is 3.57. The number of carbonyl (C=O) groups is 1. The predicted molar refractivity (Wildman–Crippen MR) is 92.5 cm³/mol. The number of hydrogen-bond acceptors (Lipinski definition) is 4. The van der Waals surface area contributed by atoms with Crippen LogP contribution in [-0.4, -0.2) is 22.9 Å². The van der Waals surface area contributed by atoms with Gasteiger partial charge in [0, 0.05) is 4.88 Å². The molecule has 0 radical (unpaired) electrons. The van der Waals surface area contributed by atoms with Crippen molar-refractivity contribution in [1.29, 1.82) is 0 Å². The first-order chi connectivity index (χ1) is 11.1. The van der Waals surface area contributed by atoms with E-state index in [0.29, 0.717) is 0 Å². The Morgan fingerprint density at radius 1 is 1.17 bits per heavy atom. The van der Waals surface area contributed by atoms with Gasteiger partial charge in [-0.15, -0.1) is 11.3 Å². The molecule has 118 valence electrons.